The van der Waals surface area contributed by atoms with Crippen LogP contribution in [0.25, 0.3) is 11.1 Å². The lowest BCUT2D eigenvalue weighted by molar-refractivity contribution is 0.340. The van der Waals surface area contributed by atoms with Crippen LogP contribution in [0, 0.1) is 0 Å². The highest BCUT2D eigenvalue weighted by Gasteiger charge is 2.05. The van der Waals surface area contributed by atoms with Gasteiger partial charge in [0.1, 0.15) is 11.3 Å². The quantitative estimate of drug-likeness (QED) is 0.740. The van der Waals surface area contributed by atoms with Crippen molar-refractivity contribution in [3.8, 4) is 5.75 Å². The molecule has 0 saturated heterocycles. The second kappa shape index (κ2) is 4.40. The molecule has 0 bridgehead atoms. The number of hydrogen-bond acceptors (Lipinski definition) is 4. The Balaban J connectivity index is 2.38. The fourth-order valence-corrected chi connectivity index (χ4v) is 1.69. The third-order valence-corrected chi connectivity index (χ3v) is 2.38. The van der Waals surface area contributed by atoms with Gasteiger partial charge in [-0.1, -0.05) is 6.58 Å². The van der Waals surface area contributed by atoms with Crippen molar-refractivity contribution in [3.63, 3.8) is 0 Å². The van der Waals surface area contributed by atoms with Crippen LogP contribution in [0.1, 0.15) is 6.92 Å². The zero-order chi connectivity index (χ0) is 10.7. The maximum Gasteiger partial charge on any atom is 0.261 e. The first-order valence-corrected chi connectivity index (χ1v) is 5.52. The molecule has 0 saturated carbocycles. The Morgan fingerprint density at radius 2 is 2.47 bits per heavy atom. The second-order valence-electron chi connectivity index (χ2n) is 2.83. The number of rotatable bonds is 4. The molecule has 1 heterocycles. The van der Waals surface area contributed by atoms with E-state index in [1.54, 1.807) is 5.41 Å². The van der Waals surface area contributed by atoms with Crippen LogP contribution in [0.4, 0.5) is 0 Å². The molecule has 0 unspecified atom stereocenters. The number of oxazole rings is 1. The van der Waals surface area contributed by atoms with Gasteiger partial charge in [0, 0.05) is 6.07 Å². The van der Waals surface area contributed by atoms with Crippen LogP contribution in [-0.2, 0) is 0 Å². The van der Waals surface area contributed by atoms with Gasteiger partial charge in [0.05, 0.1) is 6.61 Å². The van der Waals surface area contributed by atoms with Crippen LogP contribution in [0.5, 0.6) is 5.75 Å². The minimum atomic E-state index is 0.605. The standard InChI is InChI=1S/C11H11NO2S/c1-3-13-8-5-6-9-10(7-8)14-11(12-9)15-4-2/h4-7H,2-3H2,1H3. The number of hydrogen-bond donors (Lipinski definition) is 0. The molecule has 0 spiro atoms. The normalized spacial score (nSPS) is 10.5. The van der Waals surface area contributed by atoms with Crippen molar-refractivity contribution < 1.29 is 9.15 Å². The van der Waals surface area contributed by atoms with E-state index in [1.807, 2.05) is 25.1 Å². The van der Waals surface area contributed by atoms with E-state index in [1.165, 1.54) is 11.8 Å². The zero-order valence-corrected chi connectivity index (χ0v) is 9.21. The van der Waals surface area contributed by atoms with Crippen molar-refractivity contribution in [1.82, 2.24) is 4.98 Å². The van der Waals surface area contributed by atoms with Gasteiger partial charge in [0.2, 0.25) is 0 Å². The fourth-order valence-electron chi connectivity index (χ4n) is 1.26. The van der Waals surface area contributed by atoms with E-state index in [0.29, 0.717) is 11.8 Å². The lowest BCUT2D eigenvalue weighted by Crippen LogP contribution is -1.90. The highest BCUT2D eigenvalue weighted by Crippen LogP contribution is 2.26. The van der Waals surface area contributed by atoms with Crippen LogP contribution >= 0.6 is 11.8 Å². The first-order chi connectivity index (χ1) is 7.33. The maximum absolute atomic E-state index is 5.50. The first-order valence-electron chi connectivity index (χ1n) is 4.64. The average Bonchev–Trinajstić information content (AvgIpc) is 2.60. The number of thioether (sulfide) groups is 1. The topological polar surface area (TPSA) is 35.3 Å². The molecule has 0 fully saturated rings. The summed E-state index contributed by atoms with van der Waals surface area (Å²) in [5.41, 5.74) is 1.58. The Hall–Kier alpha value is -1.42. The molecule has 0 aliphatic rings. The summed E-state index contributed by atoms with van der Waals surface area (Å²) >= 11 is 1.37. The molecular formula is C11H11NO2S. The predicted octanol–water partition coefficient (Wildman–Crippen LogP) is 3.46. The molecule has 0 amide bonds. The molecule has 1 aromatic heterocycles. The monoisotopic (exact) mass is 221 g/mol. The molecule has 0 N–H and O–H groups in total. The molecule has 15 heavy (non-hydrogen) atoms. The van der Waals surface area contributed by atoms with Gasteiger partial charge in [-0.05, 0) is 36.2 Å². The summed E-state index contributed by atoms with van der Waals surface area (Å²) in [6, 6.07) is 5.62. The average molecular weight is 221 g/mol. The van der Waals surface area contributed by atoms with E-state index in [2.05, 4.69) is 11.6 Å². The molecule has 1 aromatic carbocycles. The molecule has 0 radical (unpaired) electrons. The third kappa shape index (κ3) is 2.15. The van der Waals surface area contributed by atoms with Gasteiger partial charge in [-0.3, -0.25) is 0 Å². The SMILES string of the molecule is C=CSc1nc2ccc(OCC)cc2o1. The van der Waals surface area contributed by atoms with E-state index in [0.717, 1.165) is 16.8 Å². The van der Waals surface area contributed by atoms with E-state index in [-0.39, 0.29) is 0 Å². The van der Waals surface area contributed by atoms with E-state index < -0.39 is 0 Å². The van der Waals surface area contributed by atoms with Crippen LogP contribution in [0.15, 0.2) is 39.8 Å². The van der Waals surface area contributed by atoms with Gasteiger partial charge in [0.25, 0.3) is 5.22 Å². The van der Waals surface area contributed by atoms with Crippen molar-refractivity contribution in [1.29, 1.82) is 0 Å². The van der Waals surface area contributed by atoms with E-state index in [4.69, 9.17) is 9.15 Å². The molecule has 78 valence electrons. The summed E-state index contributed by atoms with van der Waals surface area (Å²) in [6.07, 6.45) is 0. The lowest BCUT2D eigenvalue weighted by atomic mass is 10.3. The highest BCUT2D eigenvalue weighted by molar-refractivity contribution is 8.01. The number of fused-ring (bicyclic) bond motifs is 1. The summed E-state index contributed by atoms with van der Waals surface area (Å²) < 4.78 is 10.9. The number of aromatic nitrogens is 1. The van der Waals surface area contributed by atoms with Crippen LogP contribution < -0.4 is 4.74 Å². The van der Waals surface area contributed by atoms with Crippen molar-refractivity contribution in [3.05, 3.63) is 30.2 Å². The highest BCUT2D eigenvalue weighted by atomic mass is 32.2. The molecule has 0 aliphatic carbocycles. The number of nitrogens with zero attached hydrogens (tertiary/aromatic N) is 1. The molecule has 4 heteroatoms. The van der Waals surface area contributed by atoms with Crippen molar-refractivity contribution in [2.75, 3.05) is 6.61 Å². The Morgan fingerprint density at radius 3 is 3.20 bits per heavy atom. The van der Waals surface area contributed by atoms with Crippen molar-refractivity contribution in [2.45, 2.75) is 12.1 Å². The predicted molar refractivity (Wildman–Crippen MR) is 61.2 cm³/mol. The molecule has 2 rings (SSSR count). The van der Waals surface area contributed by atoms with Gasteiger partial charge in [0.15, 0.2) is 5.58 Å². The third-order valence-electron chi connectivity index (χ3n) is 1.84. The minimum Gasteiger partial charge on any atom is -0.494 e. The lowest BCUT2D eigenvalue weighted by Gasteiger charge is -2.00. The molecule has 2 aromatic rings. The summed E-state index contributed by atoms with van der Waals surface area (Å²) in [5.74, 6) is 0.802. The smallest absolute Gasteiger partial charge is 0.261 e. The summed E-state index contributed by atoms with van der Waals surface area (Å²) in [7, 11) is 0. The number of ether oxygens (including phenoxy) is 1. The maximum atomic E-state index is 5.50. The van der Waals surface area contributed by atoms with E-state index in [9.17, 15) is 0 Å². The van der Waals surface area contributed by atoms with Crippen LogP contribution in [-0.4, -0.2) is 11.6 Å². The molecule has 0 aliphatic heterocycles. The molecular weight excluding hydrogens is 210 g/mol. The van der Waals surface area contributed by atoms with Gasteiger partial charge >= 0.3 is 0 Å². The zero-order valence-electron chi connectivity index (χ0n) is 8.40. The summed E-state index contributed by atoms with van der Waals surface area (Å²) in [5, 5.41) is 2.29. The Labute approximate surface area is 92.1 Å². The summed E-state index contributed by atoms with van der Waals surface area (Å²) in [4.78, 5) is 4.27. The van der Waals surface area contributed by atoms with E-state index >= 15 is 0 Å². The molecule has 0 atom stereocenters. The van der Waals surface area contributed by atoms with Crippen molar-refractivity contribution >= 4 is 22.9 Å². The second-order valence-corrected chi connectivity index (χ2v) is 3.75. The Morgan fingerprint density at radius 1 is 1.60 bits per heavy atom. The fraction of sp³-hybridized carbons (Fsp3) is 0.182. The van der Waals surface area contributed by atoms with Gasteiger partial charge in [-0.25, -0.2) is 4.98 Å². The van der Waals surface area contributed by atoms with Crippen molar-refractivity contribution in [2.24, 2.45) is 0 Å². The molecule has 3 nitrogen and oxygen atoms in total. The van der Waals surface area contributed by atoms with Gasteiger partial charge < -0.3 is 9.15 Å². The minimum absolute atomic E-state index is 0.605. The Kier molecular flexibility index (Phi) is 2.97. The Bertz CT molecular complexity index is 478. The van der Waals surface area contributed by atoms with Gasteiger partial charge in [-0.15, -0.1) is 0 Å². The van der Waals surface area contributed by atoms with Crippen LogP contribution in [0.2, 0.25) is 0 Å². The number of benzene rings is 1. The first kappa shape index (κ1) is 10.1. The largest absolute Gasteiger partial charge is 0.494 e. The van der Waals surface area contributed by atoms with Gasteiger partial charge in [-0.2, -0.15) is 0 Å². The summed E-state index contributed by atoms with van der Waals surface area (Å²) in [6.45, 7) is 6.21. The van der Waals surface area contributed by atoms with Crippen LogP contribution in [0.3, 0.4) is 0 Å².